The van der Waals surface area contributed by atoms with E-state index in [9.17, 15) is 9.59 Å². The number of piperidine rings is 1. The molecule has 0 saturated carbocycles. The molecule has 0 spiro atoms. The topological polar surface area (TPSA) is 46.2 Å². The monoisotopic (exact) mass is 245 g/mol. The van der Waals surface area contributed by atoms with Gasteiger partial charge >= 0.3 is 0 Å². The minimum atomic E-state index is -0.179. The molecule has 0 bridgehead atoms. The Morgan fingerprint density at radius 2 is 2.00 bits per heavy atom. The average molecular weight is 245 g/mol. The van der Waals surface area contributed by atoms with Gasteiger partial charge in [0.15, 0.2) is 0 Å². The lowest BCUT2D eigenvalue weighted by molar-refractivity contribution is -0.134. The zero-order chi connectivity index (χ0) is 13.3. The van der Waals surface area contributed by atoms with E-state index < -0.39 is 0 Å². The molecular weight excluding hydrogens is 226 g/mol. The standard InChI is InChI=1S/C15H19NO2/c1-9(2)11-5-4-6-12(10(11)3)13-7-8-14(17)16-15(13)18/h4-6,9,13H,7-8H2,1-3H3,(H,16,17,18). The Labute approximate surface area is 108 Å². The van der Waals surface area contributed by atoms with Gasteiger partial charge in [-0.1, -0.05) is 32.0 Å². The van der Waals surface area contributed by atoms with E-state index in [0.717, 1.165) is 5.56 Å². The number of carbonyl (C=O) groups excluding carboxylic acids is 2. The maximum atomic E-state index is 11.9. The van der Waals surface area contributed by atoms with Crippen LogP contribution in [0.1, 0.15) is 55.2 Å². The molecule has 1 aliphatic heterocycles. The van der Waals surface area contributed by atoms with E-state index in [0.29, 0.717) is 18.8 Å². The van der Waals surface area contributed by atoms with Crippen LogP contribution in [0.25, 0.3) is 0 Å². The maximum Gasteiger partial charge on any atom is 0.234 e. The zero-order valence-corrected chi connectivity index (χ0v) is 11.1. The molecule has 2 amide bonds. The molecule has 3 heteroatoms. The maximum absolute atomic E-state index is 11.9. The Morgan fingerprint density at radius 3 is 2.61 bits per heavy atom. The van der Waals surface area contributed by atoms with E-state index in [2.05, 4.69) is 32.2 Å². The van der Waals surface area contributed by atoms with E-state index >= 15 is 0 Å². The van der Waals surface area contributed by atoms with E-state index in [4.69, 9.17) is 0 Å². The molecule has 1 atom stereocenters. The largest absolute Gasteiger partial charge is 0.296 e. The first-order valence-electron chi connectivity index (χ1n) is 6.43. The van der Waals surface area contributed by atoms with E-state index in [-0.39, 0.29) is 17.7 Å². The van der Waals surface area contributed by atoms with Gasteiger partial charge in [0.1, 0.15) is 0 Å². The summed E-state index contributed by atoms with van der Waals surface area (Å²) >= 11 is 0. The van der Waals surface area contributed by atoms with Gasteiger partial charge in [0.25, 0.3) is 0 Å². The van der Waals surface area contributed by atoms with Crippen molar-refractivity contribution in [3.63, 3.8) is 0 Å². The van der Waals surface area contributed by atoms with Gasteiger partial charge in [0, 0.05) is 6.42 Å². The molecule has 1 heterocycles. The third kappa shape index (κ3) is 2.30. The normalized spacial score (nSPS) is 20.1. The number of nitrogens with one attached hydrogen (secondary N) is 1. The Balaban J connectivity index is 2.36. The smallest absolute Gasteiger partial charge is 0.234 e. The third-order valence-corrected chi connectivity index (χ3v) is 3.65. The summed E-state index contributed by atoms with van der Waals surface area (Å²) in [6.07, 6.45) is 1.05. The highest BCUT2D eigenvalue weighted by Gasteiger charge is 2.29. The SMILES string of the molecule is Cc1c(C(C)C)cccc1C1CCC(=O)NC1=O. The molecule has 1 unspecified atom stereocenters. The molecule has 1 fully saturated rings. The highest BCUT2D eigenvalue weighted by atomic mass is 16.2. The molecule has 2 rings (SSSR count). The summed E-state index contributed by atoms with van der Waals surface area (Å²) in [5.41, 5.74) is 3.52. The predicted octanol–water partition coefficient (Wildman–Crippen LogP) is 2.64. The van der Waals surface area contributed by atoms with Crippen LogP contribution in [-0.4, -0.2) is 11.8 Å². The van der Waals surface area contributed by atoms with Gasteiger partial charge in [0.2, 0.25) is 11.8 Å². The van der Waals surface area contributed by atoms with Crippen LogP contribution in [0.2, 0.25) is 0 Å². The number of amides is 2. The second-order valence-corrected chi connectivity index (χ2v) is 5.22. The van der Waals surface area contributed by atoms with Crippen molar-refractivity contribution in [1.82, 2.24) is 5.32 Å². The second kappa shape index (κ2) is 4.92. The van der Waals surface area contributed by atoms with Crippen LogP contribution in [-0.2, 0) is 9.59 Å². The molecular formula is C15H19NO2. The molecule has 3 nitrogen and oxygen atoms in total. The van der Waals surface area contributed by atoms with Crippen molar-refractivity contribution in [3.8, 4) is 0 Å². The summed E-state index contributed by atoms with van der Waals surface area (Å²) in [7, 11) is 0. The quantitative estimate of drug-likeness (QED) is 0.814. The lowest BCUT2D eigenvalue weighted by Crippen LogP contribution is -2.39. The molecule has 96 valence electrons. The summed E-state index contributed by atoms with van der Waals surface area (Å²) in [6, 6.07) is 6.11. The molecule has 1 N–H and O–H groups in total. The molecule has 0 aliphatic carbocycles. The van der Waals surface area contributed by atoms with Gasteiger partial charge in [-0.05, 0) is 36.0 Å². The van der Waals surface area contributed by atoms with Crippen molar-refractivity contribution in [2.75, 3.05) is 0 Å². The predicted molar refractivity (Wildman–Crippen MR) is 70.4 cm³/mol. The van der Waals surface area contributed by atoms with Gasteiger partial charge in [-0.25, -0.2) is 0 Å². The van der Waals surface area contributed by atoms with Crippen molar-refractivity contribution in [1.29, 1.82) is 0 Å². The van der Waals surface area contributed by atoms with Crippen molar-refractivity contribution >= 4 is 11.8 Å². The number of carbonyl (C=O) groups is 2. The van der Waals surface area contributed by atoms with Crippen LogP contribution in [0.3, 0.4) is 0 Å². The zero-order valence-electron chi connectivity index (χ0n) is 11.1. The minimum Gasteiger partial charge on any atom is -0.296 e. The molecule has 1 aromatic carbocycles. The molecule has 1 aliphatic rings. The number of imide groups is 1. The number of benzene rings is 1. The summed E-state index contributed by atoms with van der Waals surface area (Å²) in [5.74, 6) is -0.0520. The highest BCUT2D eigenvalue weighted by molar-refractivity contribution is 6.01. The van der Waals surface area contributed by atoms with E-state index in [1.807, 2.05) is 12.1 Å². The first-order chi connectivity index (χ1) is 8.50. The summed E-state index contributed by atoms with van der Waals surface area (Å²) < 4.78 is 0. The summed E-state index contributed by atoms with van der Waals surface area (Å²) in [4.78, 5) is 23.1. The van der Waals surface area contributed by atoms with Gasteiger partial charge in [-0.15, -0.1) is 0 Å². The average Bonchev–Trinajstić information content (AvgIpc) is 2.30. The van der Waals surface area contributed by atoms with Gasteiger partial charge in [0.05, 0.1) is 5.92 Å². The lowest BCUT2D eigenvalue weighted by Gasteiger charge is -2.24. The molecule has 18 heavy (non-hydrogen) atoms. The van der Waals surface area contributed by atoms with Gasteiger partial charge < -0.3 is 0 Å². The number of rotatable bonds is 2. The van der Waals surface area contributed by atoms with Crippen LogP contribution in [0, 0.1) is 6.92 Å². The fraction of sp³-hybridized carbons (Fsp3) is 0.467. The molecule has 1 saturated heterocycles. The van der Waals surface area contributed by atoms with E-state index in [1.54, 1.807) is 0 Å². The van der Waals surface area contributed by atoms with Crippen molar-refractivity contribution in [2.24, 2.45) is 0 Å². The van der Waals surface area contributed by atoms with Crippen LogP contribution >= 0.6 is 0 Å². The first kappa shape index (κ1) is 12.8. The lowest BCUT2D eigenvalue weighted by atomic mass is 9.84. The Morgan fingerprint density at radius 1 is 1.28 bits per heavy atom. The van der Waals surface area contributed by atoms with Crippen molar-refractivity contribution < 1.29 is 9.59 Å². The van der Waals surface area contributed by atoms with E-state index in [1.165, 1.54) is 11.1 Å². The summed E-state index contributed by atoms with van der Waals surface area (Å²) in [5, 5.41) is 2.43. The van der Waals surface area contributed by atoms with Crippen LogP contribution in [0.5, 0.6) is 0 Å². The molecule has 0 radical (unpaired) electrons. The van der Waals surface area contributed by atoms with Gasteiger partial charge in [-0.3, -0.25) is 14.9 Å². The first-order valence-corrected chi connectivity index (χ1v) is 6.43. The second-order valence-electron chi connectivity index (χ2n) is 5.22. The van der Waals surface area contributed by atoms with Crippen LogP contribution in [0.15, 0.2) is 18.2 Å². The Kier molecular flexibility index (Phi) is 3.50. The van der Waals surface area contributed by atoms with Crippen LogP contribution < -0.4 is 5.32 Å². The Bertz CT molecular complexity index is 491. The summed E-state index contributed by atoms with van der Waals surface area (Å²) in [6.45, 7) is 6.36. The highest BCUT2D eigenvalue weighted by Crippen LogP contribution is 2.31. The van der Waals surface area contributed by atoms with Crippen molar-refractivity contribution in [2.45, 2.75) is 45.4 Å². The van der Waals surface area contributed by atoms with Crippen LogP contribution in [0.4, 0.5) is 0 Å². The van der Waals surface area contributed by atoms with Crippen molar-refractivity contribution in [3.05, 3.63) is 34.9 Å². The fourth-order valence-electron chi connectivity index (χ4n) is 2.67. The molecule has 0 aromatic heterocycles. The third-order valence-electron chi connectivity index (χ3n) is 3.65. The number of hydrogen-bond donors (Lipinski definition) is 1. The van der Waals surface area contributed by atoms with Gasteiger partial charge in [-0.2, -0.15) is 0 Å². The Hall–Kier alpha value is -1.64. The fourth-order valence-corrected chi connectivity index (χ4v) is 2.67. The number of hydrogen-bond acceptors (Lipinski definition) is 2. The molecule has 1 aromatic rings. The minimum absolute atomic E-state index is 0.157.